The van der Waals surface area contributed by atoms with Crippen LogP contribution in [0.3, 0.4) is 0 Å². The molecule has 0 spiro atoms. The van der Waals surface area contributed by atoms with Crippen LogP contribution in [0.15, 0.2) is 58.5 Å². The Morgan fingerprint density at radius 2 is 1.87 bits per heavy atom. The summed E-state index contributed by atoms with van der Waals surface area (Å²) in [5, 5.41) is 2.71. The predicted octanol–water partition coefficient (Wildman–Crippen LogP) is 6.93. The number of thioether (sulfide) groups is 1. The van der Waals surface area contributed by atoms with Crippen molar-refractivity contribution in [2.45, 2.75) is 36.6 Å². The van der Waals surface area contributed by atoms with Crippen molar-refractivity contribution in [2.24, 2.45) is 0 Å². The van der Waals surface area contributed by atoms with Crippen LogP contribution in [0.1, 0.15) is 28.8 Å². The van der Waals surface area contributed by atoms with Gasteiger partial charge >= 0.3 is 0 Å². The van der Waals surface area contributed by atoms with E-state index in [1.807, 2.05) is 42.5 Å². The molecule has 0 saturated heterocycles. The number of halogens is 2. The Kier molecular flexibility index (Phi) is 5.63. The van der Waals surface area contributed by atoms with Gasteiger partial charge in [0.2, 0.25) is 0 Å². The molecular weight excluding hydrogens is 455 g/mol. The zero-order chi connectivity index (χ0) is 20.7. The van der Waals surface area contributed by atoms with Crippen LogP contribution in [0, 0.1) is 0 Å². The number of para-hydroxylation sites is 1. The van der Waals surface area contributed by atoms with Crippen LogP contribution in [0.25, 0.3) is 15.9 Å². The molecular formula is C23H18Cl2N2OS2. The van der Waals surface area contributed by atoms with Gasteiger partial charge < -0.3 is 0 Å². The molecule has 0 atom stereocenters. The summed E-state index contributed by atoms with van der Waals surface area (Å²) in [6, 6.07) is 15.2. The van der Waals surface area contributed by atoms with E-state index in [1.54, 1.807) is 22.0 Å². The van der Waals surface area contributed by atoms with E-state index >= 15 is 0 Å². The van der Waals surface area contributed by atoms with Crippen LogP contribution in [-0.4, -0.2) is 9.55 Å². The number of hydrogen-bond acceptors (Lipinski definition) is 4. The Labute approximate surface area is 192 Å². The largest absolute Gasteiger partial charge is 0.268 e. The van der Waals surface area contributed by atoms with Gasteiger partial charge in [-0.1, -0.05) is 59.2 Å². The van der Waals surface area contributed by atoms with Crippen LogP contribution >= 0.6 is 46.3 Å². The molecule has 0 bridgehead atoms. The van der Waals surface area contributed by atoms with Gasteiger partial charge in [0.25, 0.3) is 5.56 Å². The maximum atomic E-state index is 13.7. The van der Waals surface area contributed by atoms with Gasteiger partial charge in [0.05, 0.1) is 11.1 Å². The van der Waals surface area contributed by atoms with E-state index in [0.29, 0.717) is 21.0 Å². The topological polar surface area (TPSA) is 34.9 Å². The van der Waals surface area contributed by atoms with Crippen LogP contribution in [0.2, 0.25) is 10.0 Å². The van der Waals surface area contributed by atoms with Gasteiger partial charge in [-0.05, 0) is 61.1 Å². The highest BCUT2D eigenvalue weighted by Crippen LogP contribution is 2.36. The molecule has 5 rings (SSSR count). The van der Waals surface area contributed by atoms with Crippen molar-refractivity contribution >= 4 is 56.5 Å². The summed E-state index contributed by atoms with van der Waals surface area (Å²) in [5.41, 5.74) is 3.03. The lowest BCUT2D eigenvalue weighted by Crippen LogP contribution is -2.22. The maximum absolute atomic E-state index is 13.7. The number of rotatable bonds is 4. The SMILES string of the molecule is O=c1c2c3c(sc2nc(SCc2ccc(Cl)cc2Cl)n1-c1ccccc1)CCCC3. The highest BCUT2D eigenvalue weighted by molar-refractivity contribution is 7.98. The summed E-state index contributed by atoms with van der Waals surface area (Å²) < 4.78 is 1.75. The molecule has 152 valence electrons. The summed E-state index contributed by atoms with van der Waals surface area (Å²) in [6.45, 7) is 0. The number of aryl methyl sites for hydroxylation is 2. The zero-order valence-electron chi connectivity index (χ0n) is 16.0. The standard InChI is InChI=1S/C23H18Cl2N2OS2/c24-15-11-10-14(18(25)12-15)13-29-23-26-21-20(17-8-4-5-9-19(17)30-21)22(28)27(23)16-6-2-1-3-7-16/h1-3,6-7,10-12H,4-5,8-9,13H2. The minimum Gasteiger partial charge on any atom is -0.268 e. The molecule has 2 aromatic heterocycles. The number of benzene rings is 2. The lowest BCUT2D eigenvalue weighted by atomic mass is 9.97. The van der Waals surface area contributed by atoms with E-state index in [1.165, 1.54) is 28.6 Å². The Morgan fingerprint density at radius 3 is 2.67 bits per heavy atom. The molecule has 0 unspecified atom stereocenters. The number of hydrogen-bond donors (Lipinski definition) is 0. The van der Waals surface area contributed by atoms with Gasteiger partial charge in [0, 0.05) is 20.7 Å². The van der Waals surface area contributed by atoms with E-state index in [4.69, 9.17) is 28.2 Å². The summed E-state index contributed by atoms with van der Waals surface area (Å²) in [5.74, 6) is 0.603. The molecule has 0 saturated carbocycles. The second-order valence-corrected chi connectivity index (χ2v) is 10.2. The van der Waals surface area contributed by atoms with Crippen molar-refractivity contribution in [1.29, 1.82) is 0 Å². The van der Waals surface area contributed by atoms with Crippen LogP contribution < -0.4 is 5.56 Å². The second-order valence-electron chi connectivity index (χ2n) is 7.29. The van der Waals surface area contributed by atoms with Crippen molar-refractivity contribution in [2.75, 3.05) is 0 Å². The Hall–Kier alpha value is -1.79. The summed E-state index contributed by atoms with van der Waals surface area (Å²) >= 11 is 15.6. The van der Waals surface area contributed by atoms with Gasteiger partial charge in [-0.25, -0.2) is 4.98 Å². The number of nitrogens with zero attached hydrogens (tertiary/aromatic N) is 2. The lowest BCUT2D eigenvalue weighted by Gasteiger charge is -2.14. The molecule has 0 aliphatic heterocycles. The average Bonchev–Trinajstić information content (AvgIpc) is 3.12. The van der Waals surface area contributed by atoms with Crippen molar-refractivity contribution in [3.05, 3.63) is 84.9 Å². The third-order valence-corrected chi connectivity index (χ3v) is 8.10. The lowest BCUT2D eigenvalue weighted by molar-refractivity contribution is 0.699. The molecule has 2 aromatic carbocycles. The third-order valence-electron chi connectivity index (χ3n) is 5.34. The fourth-order valence-corrected chi connectivity index (χ4v) is 6.74. The smallest absolute Gasteiger partial charge is 0.267 e. The molecule has 0 N–H and O–H groups in total. The molecule has 1 aliphatic rings. The van der Waals surface area contributed by atoms with Gasteiger partial charge in [-0.3, -0.25) is 9.36 Å². The first kappa shape index (κ1) is 20.1. The predicted molar refractivity (Wildman–Crippen MR) is 128 cm³/mol. The highest BCUT2D eigenvalue weighted by atomic mass is 35.5. The van der Waals surface area contributed by atoms with Crippen molar-refractivity contribution in [3.63, 3.8) is 0 Å². The minimum atomic E-state index is 0.0234. The van der Waals surface area contributed by atoms with E-state index in [9.17, 15) is 4.79 Å². The fraction of sp³-hybridized carbons (Fsp3) is 0.217. The molecule has 0 amide bonds. The Balaban J connectivity index is 1.65. The molecule has 1 aliphatic carbocycles. The number of fused-ring (bicyclic) bond motifs is 3. The van der Waals surface area contributed by atoms with E-state index < -0.39 is 0 Å². The molecule has 2 heterocycles. The van der Waals surface area contributed by atoms with Gasteiger partial charge in [-0.15, -0.1) is 11.3 Å². The summed E-state index contributed by atoms with van der Waals surface area (Å²) in [7, 11) is 0. The van der Waals surface area contributed by atoms with Gasteiger partial charge in [0.1, 0.15) is 4.83 Å². The molecule has 0 fully saturated rings. The minimum absolute atomic E-state index is 0.0234. The first-order valence-corrected chi connectivity index (χ1v) is 12.4. The van der Waals surface area contributed by atoms with Gasteiger partial charge in [0.15, 0.2) is 5.16 Å². The van der Waals surface area contributed by atoms with Crippen LogP contribution in [-0.2, 0) is 18.6 Å². The molecule has 0 radical (unpaired) electrons. The second kappa shape index (κ2) is 8.39. The summed E-state index contributed by atoms with van der Waals surface area (Å²) in [4.78, 5) is 20.8. The first-order chi connectivity index (χ1) is 14.6. The monoisotopic (exact) mass is 472 g/mol. The summed E-state index contributed by atoms with van der Waals surface area (Å²) in [6.07, 6.45) is 4.33. The molecule has 30 heavy (non-hydrogen) atoms. The van der Waals surface area contributed by atoms with Crippen LogP contribution in [0.4, 0.5) is 0 Å². The Morgan fingerprint density at radius 1 is 1.07 bits per heavy atom. The molecule has 3 nitrogen and oxygen atoms in total. The first-order valence-electron chi connectivity index (χ1n) is 9.81. The normalized spacial score (nSPS) is 13.5. The van der Waals surface area contributed by atoms with Gasteiger partial charge in [-0.2, -0.15) is 0 Å². The van der Waals surface area contributed by atoms with Crippen molar-refractivity contribution in [3.8, 4) is 5.69 Å². The number of thiophene rings is 1. The molecule has 4 aromatic rings. The van der Waals surface area contributed by atoms with E-state index in [2.05, 4.69) is 0 Å². The quantitative estimate of drug-likeness (QED) is 0.238. The van der Waals surface area contributed by atoms with E-state index in [-0.39, 0.29) is 5.56 Å². The van der Waals surface area contributed by atoms with Crippen molar-refractivity contribution in [1.82, 2.24) is 9.55 Å². The number of aromatic nitrogens is 2. The van der Waals surface area contributed by atoms with Crippen LogP contribution in [0.5, 0.6) is 0 Å². The maximum Gasteiger partial charge on any atom is 0.267 e. The zero-order valence-corrected chi connectivity index (χ0v) is 19.2. The Bertz CT molecular complexity index is 1300. The molecule has 7 heteroatoms. The van der Waals surface area contributed by atoms with Crippen molar-refractivity contribution < 1.29 is 0 Å². The third kappa shape index (κ3) is 3.69. The average molecular weight is 473 g/mol. The van der Waals surface area contributed by atoms with E-state index in [0.717, 1.165) is 40.7 Å². The highest BCUT2D eigenvalue weighted by Gasteiger charge is 2.23. The fourth-order valence-electron chi connectivity index (χ4n) is 3.87.